The van der Waals surface area contributed by atoms with Crippen LogP contribution in [0.4, 0.5) is 0 Å². The average molecular weight is 767 g/mol. The summed E-state index contributed by atoms with van der Waals surface area (Å²) in [4.78, 5) is 21.0. The van der Waals surface area contributed by atoms with Crippen molar-refractivity contribution < 1.29 is 0 Å². The molecule has 0 saturated carbocycles. The number of fused-ring (bicyclic) bond motifs is 7. The zero-order chi connectivity index (χ0) is 39.6. The minimum absolute atomic E-state index is 0.754. The van der Waals surface area contributed by atoms with Crippen LogP contribution in [0.5, 0.6) is 0 Å². The van der Waals surface area contributed by atoms with E-state index in [0.29, 0.717) is 0 Å². The van der Waals surface area contributed by atoms with Crippen LogP contribution in [0.3, 0.4) is 0 Å². The van der Waals surface area contributed by atoms with Crippen molar-refractivity contribution in [1.82, 2.24) is 29.1 Å². The van der Waals surface area contributed by atoms with E-state index >= 15 is 0 Å². The van der Waals surface area contributed by atoms with Crippen LogP contribution in [0.25, 0.3) is 111 Å². The fourth-order valence-electron chi connectivity index (χ4n) is 8.77. The maximum atomic E-state index is 5.38. The second-order valence-electron chi connectivity index (χ2n) is 15.1. The molecular weight excluding hydrogens is 733 g/mol. The summed E-state index contributed by atoms with van der Waals surface area (Å²) in [5.41, 5.74) is 11.2. The zero-order valence-electron chi connectivity index (χ0n) is 32.3. The highest BCUT2D eigenvalue weighted by atomic mass is 15.1. The maximum absolute atomic E-state index is 5.38. The molecule has 0 saturated heterocycles. The number of hydrogen-bond acceptors (Lipinski definition) is 4. The molecule has 6 aromatic heterocycles. The van der Waals surface area contributed by atoms with E-state index < -0.39 is 0 Å². The highest BCUT2D eigenvalue weighted by Gasteiger charge is 2.18. The standard InChI is InChI=1S/C54H34N6/c1-2-15-36-32-37(31-30-35(36)14-1)38-33-48(58-54(34-38)60-51-27-9-5-18-41(51)42-19-6-10-28-52(42)60)47-23-12-21-44(56-47)43-20-11-22-45(55-43)46-24-13-29-53(57-46)59-49-25-7-3-16-39(49)40-17-4-8-26-50(40)59/h1-34H. The lowest BCUT2D eigenvalue weighted by Gasteiger charge is -2.13. The normalized spacial score (nSPS) is 11.7. The quantitative estimate of drug-likeness (QED) is 0.169. The van der Waals surface area contributed by atoms with E-state index in [1.165, 1.54) is 32.3 Å². The van der Waals surface area contributed by atoms with Gasteiger partial charge in [-0.1, -0.05) is 127 Å². The third-order valence-corrected chi connectivity index (χ3v) is 11.5. The van der Waals surface area contributed by atoms with Gasteiger partial charge in [0.1, 0.15) is 11.6 Å². The molecule has 0 bridgehead atoms. The van der Waals surface area contributed by atoms with Crippen molar-refractivity contribution in [2.45, 2.75) is 0 Å². The Morgan fingerprint density at radius 3 is 1.22 bits per heavy atom. The largest absolute Gasteiger partial charge is 0.294 e. The Morgan fingerprint density at radius 1 is 0.250 bits per heavy atom. The SMILES string of the molecule is c1cc(-c2cccc(-c3cc(-c4ccc5ccccc5c4)cc(-n4c5ccccc5c5ccccc54)n3)n2)nc(-c2cccc(-n3c4ccccc4c4ccccc43)n2)c1. The second-order valence-corrected chi connectivity index (χ2v) is 15.1. The van der Waals surface area contributed by atoms with Crippen LogP contribution in [-0.4, -0.2) is 29.1 Å². The molecule has 0 radical (unpaired) electrons. The fraction of sp³-hybridized carbons (Fsp3) is 0. The molecule has 6 aromatic carbocycles. The van der Waals surface area contributed by atoms with Gasteiger partial charge in [-0.25, -0.2) is 19.9 Å². The third kappa shape index (κ3) is 5.57. The number of rotatable bonds is 6. The average Bonchev–Trinajstić information content (AvgIpc) is 3.85. The van der Waals surface area contributed by atoms with Crippen molar-refractivity contribution in [3.8, 4) is 56.9 Å². The smallest absolute Gasteiger partial charge is 0.138 e. The van der Waals surface area contributed by atoms with Crippen LogP contribution >= 0.6 is 0 Å². The predicted molar refractivity (Wildman–Crippen MR) is 246 cm³/mol. The minimum Gasteiger partial charge on any atom is -0.294 e. The summed E-state index contributed by atoms with van der Waals surface area (Å²) >= 11 is 0. The molecule has 60 heavy (non-hydrogen) atoms. The highest BCUT2D eigenvalue weighted by Crippen LogP contribution is 2.36. The van der Waals surface area contributed by atoms with Gasteiger partial charge in [0.15, 0.2) is 0 Å². The van der Waals surface area contributed by atoms with Gasteiger partial charge in [0.2, 0.25) is 0 Å². The Morgan fingerprint density at radius 2 is 0.667 bits per heavy atom. The molecule has 0 N–H and O–H groups in total. The van der Waals surface area contributed by atoms with E-state index in [0.717, 1.165) is 79.0 Å². The first kappa shape index (κ1) is 33.9. The first-order valence-electron chi connectivity index (χ1n) is 20.1. The Hall–Kier alpha value is -8.22. The van der Waals surface area contributed by atoms with Crippen LogP contribution in [0.15, 0.2) is 206 Å². The van der Waals surface area contributed by atoms with Crippen molar-refractivity contribution in [1.29, 1.82) is 0 Å². The summed E-state index contributed by atoms with van der Waals surface area (Å²) in [6.45, 7) is 0. The summed E-state index contributed by atoms with van der Waals surface area (Å²) < 4.78 is 4.50. The maximum Gasteiger partial charge on any atom is 0.138 e. The van der Waals surface area contributed by atoms with Gasteiger partial charge in [0.25, 0.3) is 0 Å². The molecule has 6 heteroatoms. The van der Waals surface area contributed by atoms with Gasteiger partial charge in [-0.2, -0.15) is 0 Å². The Labute approximate surface area is 345 Å². The van der Waals surface area contributed by atoms with Gasteiger partial charge < -0.3 is 0 Å². The fourth-order valence-corrected chi connectivity index (χ4v) is 8.77. The molecule has 0 unspecified atom stereocenters. The highest BCUT2D eigenvalue weighted by molar-refractivity contribution is 6.10. The molecule has 0 amide bonds. The summed E-state index contributed by atoms with van der Waals surface area (Å²) in [5, 5.41) is 7.17. The molecule has 0 fully saturated rings. The monoisotopic (exact) mass is 766 g/mol. The first-order chi connectivity index (χ1) is 29.7. The second kappa shape index (κ2) is 13.7. The molecule has 280 valence electrons. The van der Waals surface area contributed by atoms with Crippen LogP contribution in [-0.2, 0) is 0 Å². The van der Waals surface area contributed by atoms with Crippen molar-refractivity contribution >= 4 is 54.4 Å². The summed E-state index contributed by atoms with van der Waals surface area (Å²) in [6, 6.07) is 71.8. The molecule has 0 spiro atoms. The van der Waals surface area contributed by atoms with Crippen molar-refractivity contribution in [3.63, 3.8) is 0 Å². The van der Waals surface area contributed by atoms with E-state index in [9.17, 15) is 0 Å². The third-order valence-electron chi connectivity index (χ3n) is 11.5. The van der Waals surface area contributed by atoms with E-state index in [2.05, 4.69) is 173 Å². The number of pyridine rings is 4. The van der Waals surface area contributed by atoms with Crippen LogP contribution in [0.1, 0.15) is 0 Å². The number of hydrogen-bond donors (Lipinski definition) is 0. The molecule has 0 atom stereocenters. The lowest BCUT2D eigenvalue weighted by molar-refractivity contribution is 1.07. The van der Waals surface area contributed by atoms with Gasteiger partial charge in [-0.3, -0.25) is 9.13 Å². The number of benzene rings is 6. The van der Waals surface area contributed by atoms with Crippen LogP contribution < -0.4 is 0 Å². The predicted octanol–water partition coefficient (Wildman–Crippen LogP) is 13.3. The van der Waals surface area contributed by atoms with Gasteiger partial charge in [-0.05, 0) is 101 Å². The van der Waals surface area contributed by atoms with E-state index in [-0.39, 0.29) is 0 Å². The van der Waals surface area contributed by atoms with E-state index in [1.54, 1.807) is 0 Å². The topological polar surface area (TPSA) is 61.4 Å². The van der Waals surface area contributed by atoms with Crippen molar-refractivity contribution in [3.05, 3.63) is 206 Å². The van der Waals surface area contributed by atoms with Crippen LogP contribution in [0.2, 0.25) is 0 Å². The minimum atomic E-state index is 0.754. The zero-order valence-corrected chi connectivity index (χ0v) is 32.3. The van der Waals surface area contributed by atoms with Crippen LogP contribution in [0, 0.1) is 0 Å². The summed E-state index contributed by atoms with van der Waals surface area (Å²) in [6.07, 6.45) is 0. The molecule has 0 aliphatic carbocycles. The summed E-state index contributed by atoms with van der Waals surface area (Å²) in [5.74, 6) is 1.67. The molecule has 12 rings (SSSR count). The number of para-hydroxylation sites is 4. The number of aromatic nitrogens is 6. The van der Waals surface area contributed by atoms with Gasteiger partial charge in [0.05, 0.1) is 56.2 Å². The lowest BCUT2D eigenvalue weighted by atomic mass is 10.0. The summed E-state index contributed by atoms with van der Waals surface area (Å²) in [7, 11) is 0. The van der Waals surface area contributed by atoms with E-state index in [1.807, 2.05) is 42.5 Å². The number of nitrogens with zero attached hydrogens (tertiary/aromatic N) is 6. The van der Waals surface area contributed by atoms with Crippen molar-refractivity contribution in [2.75, 3.05) is 0 Å². The molecular formula is C54H34N6. The van der Waals surface area contributed by atoms with Crippen molar-refractivity contribution in [2.24, 2.45) is 0 Å². The molecule has 12 aromatic rings. The Balaban J connectivity index is 0.978. The lowest BCUT2D eigenvalue weighted by Crippen LogP contribution is -2.01. The molecule has 6 nitrogen and oxygen atoms in total. The Kier molecular flexibility index (Phi) is 7.74. The van der Waals surface area contributed by atoms with Gasteiger partial charge in [-0.15, -0.1) is 0 Å². The molecule has 6 heterocycles. The van der Waals surface area contributed by atoms with E-state index in [4.69, 9.17) is 19.9 Å². The van der Waals surface area contributed by atoms with Gasteiger partial charge in [0, 0.05) is 21.5 Å². The molecule has 0 aliphatic heterocycles. The molecule has 0 aliphatic rings. The first-order valence-corrected chi connectivity index (χ1v) is 20.1. The van der Waals surface area contributed by atoms with Gasteiger partial charge >= 0.3 is 0 Å². The Bertz CT molecular complexity index is 3530.